The number of hydrogen-bond donors (Lipinski definition) is 2. The summed E-state index contributed by atoms with van der Waals surface area (Å²) in [5, 5.41) is 10.1. The van der Waals surface area contributed by atoms with E-state index in [1.54, 1.807) is 18.3 Å². The van der Waals surface area contributed by atoms with Crippen LogP contribution in [-0.2, 0) is 6.54 Å². The van der Waals surface area contributed by atoms with Crippen molar-refractivity contribution in [3.8, 4) is 5.75 Å². The van der Waals surface area contributed by atoms with Crippen molar-refractivity contribution < 1.29 is 13.9 Å². The smallest absolute Gasteiger partial charge is 0.256 e. The number of hydrogen-bond acceptors (Lipinski definition) is 5. The van der Waals surface area contributed by atoms with Crippen molar-refractivity contribution in [1.29, 1.82) is 0 Å². The van der Waals surface area contributed by atoms with Gasteiger partial charge in [-0.25, -0.2) is 13.9 Å². The number of fused-ring (bicyclic) bond motifs is 2. The quantitative estimate of drug-likeness (QED) is 0.654. The lowest BCUT2D eigenvalue weighted by Gasteiger charge is -2.18. The SMILES string of the molecule is C[C@@H]1CNC(=O)c2cnn3ccc(nc23)NCc2cc(F)ccc2O1. The summed E-state index contributed by atoms with van der Waals surface area (Å²) in [6.07, 6.45) is 2.92. The normalized spacial score (nSPS) is 17.5. The number of carbonyl (C=O) groups is 1. The number of aromatic nitrogens is 3. The Bertz CT molecular complexity index is 955. The van der Waals surface area contributed by atoms with Crippen LogP contribution in [0.15, 0.2) is 36.7 Å². The van der Waals surface area contributed by atoms with Gasteiger partial charge in [0.1, 0.15) is 29.1 Å². The fraction of sp³-hybridized carbons (Fsp3) is 0.235. The Kier molecular flexibility index (Phi) is 3.72. The third-order valence-corrected chi connectivity index (χ3v) is 3.97. The number of rotatable bonds is 0. The molecule has 1 amide bonds. The number of amides is 1. The summed E-state index contributed by atoms with van der Waals surface area (Å²) in [6.45, 7) is 2.49. The molecule has 128 valence electrons. The van der Waals surface area contributed by atoms with Gasteiger partial charge in [0.15, 0.2) is 5.65 Å². The van der Waals surface area contributed by atoms with Gasteiger partial charge in [-0.3, -0.25) is 4.79 Å². The van der Waals surface area contributed by atoms with Gasteiger partial charge in [0.25, 0.3) is 5.91 Å². The molecule has 0 saturated heterocycles. The van der Waals surface area contributed by atoms with E-state index in [0.717, 1.165) is 0 Å². The zero-order chi connectivity index (χ0) is 17.4. The second-order valence-electron chi connectivity index (χ2n) is 5.88. The van der Waals surface area contributed by atoms with Crippen LogP contribution in [0, 0.1) is 5.82 Å². The van der Waals surface area contributed by atoms with E-state index < -0.39 is 0 Å². The van der Waals surface area contributed by atoms with E-state index in [4.69, 9.17) is 4.74 Å². The maximum atomic E-state index is 13.6. The van der Waals surface area contributed by atoms with Crippen LogP contribution in [0.2, 0.25) is 0 Å². The van der Waals surface area contributed by atoms with Gasteiger partial charge in [-0.05, 0) is 31.2 Å². The topological polar surface area (TPSA) is 80.6 Å². The van der Waals surface area contributed by atoms with Crippen molar-refractivity contribution in [3.05, 3.63) is 53.6 Å². The number of halogens is 1. The molecule has 2 bridgehead atoms. The minimum atomic E-state index is -0.337. The summed E-state index contributed by atoms with van der Waals surface area (Å²) in [5.41, 5.74) is 1.52. The predicted octanol–water partition coefficient (Wildman–Crippen LogP) is 1.99. The third-order valence-electron chi connectivity index (χ3n) is 3.97. The summed E-state index contributed by atoms with van der Waals surface area (Å²) in [7, 11) is 0. The molecule has 0 fully saturated rings. The Morgan fingerprint density at radius 3 is 3.08 bits per heavy atom. The van der Waals surface area contributed by atoms with Crippen LogP contribution in [0.3, 0.4) is 0 Å². The molecule has 2 N–H and O–H groups in total. The first-order valence-corrected chi connectivity index (χ1v) is 7.92. The largest absolute Gasteiger partial charge is 0.489 e. The first kappa shape index (κ1) is 15.4. The molecule has 3 heterocycles. The summed E-state index contributed by atoms with van der Waals surface area (Å²) >= 11 is 0. The van der Waals surface area contributed by atoms with Gasteiger partial charge in [0.2, 0.25) is 0 Å². The third kappa shape index (κ3) is 2.98. The highest BCUT2D eigenvalue weighted by Crippen LogP contribution is 2.23. The molecule has 1 aliphatic heterocycles. The van der Waals surface area contributed by atoms with Crippen LogP contribution in [0.25, 0.3) is 5.65 Å². The predicted molar refractivity (Wildman–Crippen MR) is 89.1 cm³/mol. The zero-order valence-electron chi connectivity index (χ0n) is 13.5. The van der Waals surface area contributed by atoms with Gasteiger partial charge in [-0.15, -0.1) is 0 Å². The molecule has 25 heavy (non-hydrogen) atoms. The molecule has 1 atom stereocenters. The van der Waals surface area contributed by atoms with Crippen molar-refractivity contribution in [2.24, 2.45) is 0 Å². The summed E-state index contributed by atoms with van der Waals surface area (Å²) in [6, 6.07) is 6.11. The Hall–Kier alpha value is -3.16. The van der Waals surface area contributed by atoms with E-state index >= 15 is 0 Å². The van der Waals surface area contributed by atoms with E-state index in [1.807, 2.05) is 6.92 Å². The van der Waals surface area contributed by atoms with Crippen molar-refractivity contribution in [3.63, 3.8) is 0 Å². The fourth-order valence-electron chi connectivity index (χ4n) is 2.70. The number of nitrogens with one attached hydrogen (secondary N) is 2. The maximum absolute atomic E-state index is 13.6. The molecule has 0 unspecified atom stereocenters. The van der Waals surface area contributed by atoms with E-state index in [-0.39, 0.29) is 17.8 Å². The van der Waals surface area contributed by atoms with Crippen molar-refractivity contribution >= 4 is 17.4 Å². The highest BCUT2D eigenvalue weighted by atomic mass is 19.1. The van der Waals surface area contributed by atoms with E-state index in [1.165, 1.54) is 22.8 Å². The molecular formula is C17H16FN5O2. The molecule has 0 saturated carbocycles. The van der Waals surface area contributed by atoms with Crippen molar-refractivity contribution in [2.75, 3.05) is 11.9 Å². The molecule has 4 rings (SSSR count). The second-order valence-corrected chi connectivity index (χ2v) is 5.88. The number of carbonyl (C=O) groups excluding carboxylic acids is 1. The van der Waals surface area contributed by atoms with Crippen LogP contribution < -0.4 is 15.4 Å². The number of anilines is 1. The summed E-state index contributed by atoms with van der Waals surface area (Å²) < 4.78 is 21.0. The molecule has 1 aliphatic rings. The Labute approximate surface area is 142 Å². The fourth-order valence-corrected chi connectivity index (χ4v) is 2.70. The van der Waals surface area contributed by atoms with Gasteiger partial charge in [-0.2, -0.15) is 5.10 Å². The lowest BCUT2D eigenvalue weighted by atomic mass is 10.2. The lowest BCUT2D eigenvalue weighted by molar-refractivity contribution is 0.0933. The van der Waals surface area contributed by atoms with Gasteiger partial charge in [0, 0.05) is 18.3 Å². The molecule has 0 aliphatic carbocycles. The van der Waals surface area contributed by atoms with Crippen LogP contribution in [-0.4, -0.2) is 33.2 Å². The highest BCUT2D eigenvalue weighted by molar-refractivity contribution is 5.99. The molecule has 3 aromatic rings. The number of ether oxygens (including phenoxy) is 1. The van der Waals surface area contributed by atoms with Crippen LogP contribution in [0.1, 0.15) is 22.8 Å². The molecule has 0 spiro atoms. The molecule has 1 aromatic carbocycles. The summed E-state index contributed by atoms with van der Waals surface area (Å²) in [4.78, 5) is 16.8. The Morgan fingerprint density at radius 1 is 1.32 bits per heavy atom. The first-order valence-electron chi connectivity index (χ1n) is 7.92. The van der Waals surface area contributed by atoms with Gasteiger partial charge < -0.3 is 15.4 Å². The molecule has 0 radical (unpaired) electrons. The number of nitrogens with zero attached hydrogens (tertiary/aromatic N) is 3. The molecule has 8 heteroatoms. The van der Waals surface area contributed by atoms with Crippen LogP contribution in [0.5, 0.6) is 5.75 Å². The molecule has 7 nitrogen and oxygen atoms in total. The minimum Gasteiger partial charge on any atom is -0.489 e. The van der Waals surface area contributed by atoms with E-state index in [9.17, 15) is 9.18 Å². The number of benzene rings is 1. The zero-order valence-corrected chi connectivity index (χ0v) is 13.5. The van der Waals surface area contributed by atoms with E-state index in [2.05, 4.69) is 20.7 Å². The van der Waals surface area contributed by atoms with Gasteiger partial charge in [-0.1, -0.05) is 0 Å². The Balaban J connectivity index is 1.77. The van der Waals surface area contributed by atoms with Gasteiger partial charge in [0.05, 0.1) is 12.7 Å². The van der Waals surface area contributed by atoms with Crippen LogP contribution >= 0.6 is 0 Å². The van der Waals surface area contributed by atoms with Crippen molar-refractivity contribution in [1.82, 2.24) is 19.9 Å². The van der Waals surface area contributed by atoms with Crippen molar-refractivity contribution in [2.45, 2.75) is 19.6 Å². The van der Waals surface area contributed by atoms with Crippen LogP contribution in [0.4, 0.5) is 10.2 Å². The standard InChI is InChI=1S/C17H16FN5O2/c1-10-7-20-17(24)13-9-21-23-5-4-15(22-16(13)23)19-8-11-6-12(18)2-3-14(11)25-10/h2-6,9-10H,7-8H2,1H3,(H,19,22)(H,20,24)/t10-/m1/s1. The first-order chi connectivity index (χ1) is 12.1. The monoisotopic (exact) mass is 341 g/mol. The second kappa shape index (κ2) is 6.04. The maximum Gasteiger partial charge on any atom is 0.256 e. The lowest BCUT2D eigenvalue weighted by Crippen LogP contribution is -2.33. The molecule has 2 aromatic heterocycles. The van der Waals surface area contributed by atoms with Gasteiger partial charge >= 0.3 is 0 Å². The summed E-state index contributed by atoms with van der Waals surface area (Å²) in [5.74, 6) is 0.521. The molecular weight excluding hydrogens is 325 g/mol. The minimum absolute atomic E-state index is 0.270. The average molecular weight is 341 g/mol. The van der Waals surface area contributed by atoms with E-state index in [0.29, 0.717) is 41.4 Å². The average Bonchev–Trinajstić information content (AvgIpc) is 3.02. The highest BCUT2D eigenvalue weighted by Gasteiger charge is 2.17. The Morgan fingerprint density at radius 2 is 2.20 bits per heavy atom.